The lowest BCUT2D eigenvalue weighted by Gasteiger charge is -1.87. The number of Topliss-reactive ketones (excluding diaryl/α,β-unsaturated/α-hetero) is 1. The van der Waals surface area contributed by atoms with Gasteiger partial charge in [0.25, 0.3) is 0 Å². The first kappa shape index (κ1) is 7.98. The van der Waals surface area contributed by atoms with E-state index < -0.39 is 0 Å². The van der Waals surface area contributed by atoms with E-state index in [4.69, 9.17) is 0 Å². The van der Waals surface area contributed by atoms with Crippen LogP contribution in [0.15, 0.2) is 0 Å². The lowest BCUT2D eigenvalue weighted by Crippen LogP contribution is -1.94. The Hall–Kier alpha value is -1.12. The minimum atomic E-state index is 0.0506. The summed E-state index contributed by atoms with van der Waals surface area (Å²) in [5.74, 6) is 0.933. The first-order valence-electron chi connectivity index (χ1n) is 3.71. The van der Waals surface area contributed by atoms with Gasteiger partial charge in [-0.3, -0.25) is 4.79 Å². The molecule has 60 valence electrons. The van der Waals surface area contributed by atoms with Crippen molar-refractivity contribution in [1.82, 2.24) is 9.97 Å². The topological polar surface area (TPSA) is 45.8 Å². The Bertz CT molecular complexity index is 276. The summed E-state index contributed by atoms with van der Waals surface area (Å²) in [6.45, 7) is 5.38. The van der Waals surface area contributed by atoms with E-state index in [1.54, 1.807) is 6.92 Å². The van der Waals surface area contributed by atoms with Gasteiger partial charge in [-0.2, -0.15) is 0 Å². The van der Waals surface area contributed by atoms with Crippen LogP contribution in [0.25, 0.3) is 0 Å². The number of imidazole rings is 1. The third kappa shape index (κ3) is 1.48. The van der Waals surface area contributed by atoms with Crippen LogP contribution in [0.1, 0.15) is 35.9 Å². The quantitative estimate of drug-likeness (QED) is 0.652. The molecule has 11 heavy (non-hydrogen) atoms. The van der Waals surface area contributed by atoms with Gasteiger partial charge in [0.15, 0.2) is 5.78 Å². The Balaban J connectivity index is 3.07. The molecule has 3 heteroatoms. The highest BCUT2D eigenvalue weighted by molar-refractivity contribution is 5.93. The van der Waals surface area contributed by atoms with Crippen molar-refractivity contribution in [1.29, 1.82) is 0 Å². The third-order valence-electron chi connectivity index (χ3n) is 1.62. The second-order valence-electron chi connectivity index (χ2n) is 2.55. The fraction of sp³-hybridized carbons (Fsp3) is 0.500. The van der Waals surface area contributed by atoms with Gasteiger partial charge < -0.3 is 4.98 Å². The van der Waals surface area contributed by atoms with Crippen molar-refractivity contribution in [2.45, 2.75) is 27.2 Å². The number of carbonyl (C=O) groups is 1. The number of carbonyl (C=O) groups excluding carboxylic acids is 1. The number of H-pyrrole nitrogens is 1. The van der Waals surface area contributed by atoms with Crippen molar-refractivity contribution in [3.05, 3.63) is 17.2 Å². The molecule has 0 radical (unpaired) electrons. The summed E-state index contributed by atoms with van der Waals surface area (Å²) in [5.41, 5.74) is 1.44. The smallest absolute Gasteiger partial charge is 0.177 e. The number of nitrogens with zero attached hydrogens (tertiary/aromatic N) is 1. The molecule has 0 saturated heterocycles. The Morgan fingerprint density at radius 2 is 2.27 bits per heavy atom. The van der Waals surface area contributed by atoms with E-state index >= 15 is 0 Å². The summed E-state index contributed by atoms with van der Waals surface area (Å²) < 4.78 is 0. The summed E-state index contributed by atoms with van der Waals surface area (Å²) in [7, 11) is 0. The largest absolute Gasteiger partial charge is 0.339 e. The summed E-state index contributed by atoms with van der Waals surface area (Å²) in [5, 5.41) is 0. The van der Waals surface area contributed by atoms with E-state index in [1.165, 1.54) is 0 Å². The van der Waals surface area contributed by atoms with Crippen molar-refractivity contribution in [2.24, 2.45) is 0 Å². The number of aromatic nitrogens is 2. The van der Waals surface area contributed by atoms with Crippen LogP contribution in [-0.2, 0) is 6.42 Å². The van der Waals surface area contributed by atoms with Gasteiger partial charge in [-0.15, -0.1) is 0 Å². The van der Waals surface area contributed by atoms with Gasteiger partial charge in [0.05, 0.1) is 5.69 Å². The molecule has 0 spiro atoms. The van der Waals surface area contributed by atoms with Gasteiger partial charge in [-0.05, 0) is 6.92 Å². The number of hydrogen-bond donors (Lipinski definition) is 1. The van der Waals surface area contributed by atoms with Gasteiger partial charge in [-0.25, -0.2) is 4.98 Å². The van der Waals surface area contributed by atoms with Crippen molar-refractivity contribution in [3.63, 3.8) is 0 Å². The summed E-state index contributed by atoms with van der Waals surface area (Å²) in [6.07, 6.45) is 0.841. The number of rotatable bonds is 2. The standard InChI is InChI=1S/C8H12N2O/c1-4-7-9-5(2)8(10-7)6(3)11/h4H2,1-3H3,(H,9,10). The van der Waals surface area contributed by atoms with Crippen LogP contribution < -0.4 is 0 Å². The molecule has 0 unspecified atom stereocenters. The lowest BCUT2D eigenvalue weighted by atomic mass is 10.3. The summed E-state index contributed by atoms with van der Waals surface area (Å²) >= 11 is 0. The van der Waals surface area contributed by atoms with Crippen LogP contribution in [-0.4, -0.2) is 15.8 Å². The molecule has 1 heterocycles. The molecule has 0 bridgehead atoms. The highest BCUT2D eigenvalue weighted by Gasteiger charge is 2.07. The fourth-order valence-electron chi connectivity index (χ4n) is 1.03. The fourth-order valence-corrected chi connectivity index (χ4v) is 1.03. The highest BCUT2D eigenvalue weighted by Crippen LogP contribution is 2.05. The predicted octanol–water partition coefficient (Wildman–Crippen LogP) is 1.48. The SMILES string of the molecule is CCc1nc(C)c(C(C)=O)[nH]1. The molecule has 3 nitrogen and oxygen atoms in total. The average molecular weight is 152 g/mol. The molecule has 0 aliphatic carbocycles. The minimum absolute atomic E-state index is 0.0506. The monoisotopic (exact) mass is 152 g/mol. The van der Waals surface area contributed by atoms with Crippen LogP contribution in [0.3, 0.4) is 0 Å². The molecule has 0 aliphatic heterocycles. The molecule has 1 aromatic heterocycles. The molecule has 0 aromatic carbocycles. The van der Waals surface area contributed by atoms with Crippen LogP contribution in [0, 0.1) is 6.92 Å². The number of nitrogens with one attached hydrogen (secondary N) is 1. The van der Waals surface area contributed by atoms with E-state index in [0.29, 0.717) is 5.69 Å². The number of aryl methyl sites for hydroxylation is 2. The number of ketones is 1. The maximum Gasteiger partial charge on any atom is 0.177 e. The molecule has 0 fully saturated rings. The zero-order chi connectivity index (χ0) is 8.43. The predicted molar refractivity (Wildman–Crippen MR) is 42.7 cm³/mol. The maximum atomic E-state index is 10.9. The normalized spacial score (nSPS) is 10.1. The van der Waals surface area contributed by atoms with E-state index in [2.05, 4.69) is 9.97 Å². The molecule has 0 amide bonds. The Kier molecular flexibility index (Phi) is 2.08. The zero-order valence-electron chi connectivity index (χ0n) is 7.06. The Morgan fingerprint density at radius 1 is 1.64 bits per heavy atom. The third-order valence-corrected chi connectivity index (χ3v) is 1.62. The molecule has 0 saturated carbocycles. The first-order chi connectivity index (χ1) is 5.15. The van der Waals surface area contributed by atoms with E-state index in [9.17, 15) is 4.79 Å². The van der Waals surface area contributed by atoms with Gasteiger partial charge in [-0.1, -0.05) is 6.92 Å². The first-order valence-corrected chi connectivity index (χ1v) is 3.71. The zero-order valence-corrected chi connectivity index (χ0v) is 7.06. The highest BCUT2D eigenvalue weighted by atomic mass is 16.1. The molecule has 0 atom stereocenters. The van der Waals surface area contributed by atoms with E-state index in [-0.39, 0.29) is 5.78 Å². The van der Waals surface area contributed by atoms with Crippen molar-refractivity contribution in [3.8, 4) is 0 Å². The molecule has 1 N–H and O–H groups in total. The van der Waals surface area contributed by atoms with Gasteiger partial charge >= 0.3 is 0 Å². The lowest BCUT2D eigenvalue weighted by molar-refractivity contribution is 0.101. The Morgan fingerprint density at radius 3 is 2.55 bits per heavy atom. The second kappa shape index (κ2) is 2.86. The number of aromatic amines is 1. The molecule has 1 rings (SSSR count). The average Bonchev–Trinajstić information content (AvgIpc) is 2.30. The molecule has 1 aromatic rings. The molecular formula is C8H12N2O. The maximum absolute atomic E-state index is 10.9. The molecule has 0 aliphatic rings. The van der Waals surface area contributed by atoms with Crippen molar-refractivity contribution >= 4 is 5.78 Å². The Labute approximate surface area is 65.8 Å². The van der Waals surface area contributed by atoms with Gasteiger partial charge in [0.2, 0.25) is 0 Å². The van der Waals surface area contributed by atoms with Crippen molar-refractivity contribution < 1.29 is 4.79 Å². The molecular weight excluding hydrogens is 140 g/mol. The van der Waals surface area contributed by atoms with Crippen LogP contribution in [0.4, 0.5) is 0 Å². The number of hydrogen-bond acceptors (Lipinski definition) is 2. The minimum Gasteiger partial charge on any atom is -0.339 e. The van der Waals surface area contributed by atoms with Crippen molar-refractivity contribution in [2.75, 3.05) is 0 Å². The van der Waals surface area contributed by atoms with Crippen LogP contribution >= 0.6 is 0 Å². The summed E-state index contributed by atoms with van der Waals surface area (Å²) in [4.78, 5) is 18.1. The second-order valence-corrected chi connectivity index (χ2v) is 2.55. The van der Waals surface area contributed by atoms with Crippen LogP contribution in [0.5, 0.6) is 0 Å². The van der Waals surface area contributed by atoms with Gasteiger partial charge in [0.1, 0.15) is 11.5 Å². The van der Waals surface area contributed by atoms with Gasteiger partial charge in [0, 0.05) is 13.3 Å². The summed E-state index contributed by atoms with van der Waals surface area (Å²) in [6, 6.07) is 0. The van der Waals surface area contributed by atoms with Crippen LogP contribution in [0.2, 0.25) is 0 Å². The van der Waals surface area contributed by atoms with E-state index in [1.807, 2.05) is 13.8 Å². The van der Waals surface area contributed by atoms with E-state index in [0.717, 1.165) is 17.9 Å².